The number of phenolic OH excluding ortho intramolecular Hbond substituents is 1. The molecule has 0 bridgehead atoms. The molecule has 0 unspecified atom stereocenters. The van der Waals surface area contributed by atoms with Crippen LogP contribution in [0.2, 0.25) is 0 Å². The largest absolute Gasteiger partial charge is 0.506 e. The minimum Gasteiger partial charge on any atom is -0.506 e. The third-order valence-electron chi connectivity index (χ3n) is 2.71. The number of carbonyl (C=O) groups is 1. The van der Waals surface area contributed by atoms with Gasteiger partial charge in [0, 0.05) is 16.2 Å². The fourth-order valence-corrected chi connectivity index (χ4v) is 2.05. The summed E-state index contributed by atoms with van der Waals surface area (Å²) in [6, 6.07) is 9.58. The molecule has 0 atom stereocenters. The highest BCUT2D eigenvalue weighted by atomic mass is 79.9. The van der Waals surface area contributed by atoms with Gasteiger partial charge in [-0.2, -0.15) is 0 Å². The predicted molar refractivity (Wildman–Crippen MR) is 81.2 cm³/mol. The summed E-state index contributed by atoms with van der Waals surface area (Å²) >= 11 is 3.27. The Kier molecular flexibility index (Phi) is 4.14. The van der Waals surface area contributed by atoms with Gasteiger partial charge in [-0.25, -0.2) is 0 Å². The van der Waals surface area contributed by atoms with Crippen molar-refractivity contribution in [3.05, 3.63) is 46.4 Å². The Morgan fingerprint density at radius 1 is 1.30 bits per heavy atom. The van der Waals surface area contributed by atoms with Crippen molar-refractivity contribution in [2.24, 2.45) is 0 Å². The molecule has 0 heterocycles. The Bertz CT molecular complexity index is 659. The molecule has 104 valence electrons. The highest BCUT2D eigenvalue weighted by Gasteiger charge is 2.12. The van der Waals surface area contributed by atoms with Crippen LogP contribution in [-0.2, 0) is 0 Å². The van der Waals surface area contributed by atoms with Gasteiger partial charge in [-0.3, -0.25) is 4.79 Å². The minimum atomic E-state index is -0.393. The van der Waals surface area contributed by atoms with Gasteiger partial charge in [0.25, 0.3) is 5.91 Å². The Balaban J connectivity index is 2.23. The van der Waals surface area contributed by atoms with E-state index in [2.05, 4.69) is 21.2 Å². The van der Waals surface area contributed by atoms with E-state index >= 15 is 0 Å². The zero-order chi connectivity index (χ0) is 14.7. The smallest absolute Gasteiger partial charge is 0.257 e. The number of hydrogen-bond donors (Lipinski definition) is 3. The second-order valence-electron chi connectivity index (χ2n) is 4.07. The van der Waals surface area contributed by atoms with Crippen LogP contribution in [-0.4, -0.2) is 18.1 Å². The topological polar surface area (TPSA) is 84.6 Å². The van der Waals surface area contributed by atoms with Crippen LogP contribution in [0, 0.1) is 0 Å². The fourth-order valence-electron chi connectivity index (χ4n) is 1.67. The van der Waals surface area contributed by atoms with Crippen molar-refractivity contribution >= 4 is 33.2 Å². The van der Waals surface area contributed by atoms with Crippen LogP contribution in [0.25, 0.3) is 0 Å². The number of rotatable bonds is 3. The van der Waals surface area contributed by atoms with Crippen molar-refractivity contribution in [3.8, 4) is 11.5 Å². The molecule has 1 amide bonds. The maximum Gasteiger partial charge on any atom is 0.257 e. The van der Waals surface area contributed by atoms with Crippen molar-refractivity contribution in [1.29, 1.82) is 0 Å². The monoisotopic (exact) mass is 336 g/mol. The zero-order valence-electron chi connectivity index (χ0n) is 10.7. The molecular formula is C14H13BrN2O3. The van der Waals surface area contributed by atoms with Crippen LogP contribution < -0.4 is 15.8 Å². The van der Waals surface area contributed by atoms with E-state index in [1.165, 1.54) is 13.2 Å². The van der Waals surface area contributed by atoms with E-state index in [0.29, 0.717) is 17.0 Å². The van der Waals surface area contributed by atoms with Crippen molar-refractivity contribution in [3.63, 3.8) is 0 Å². The second-order valence-corrected chi connectivity index (χ2v) is 4.98. The first-order valence-corrected chi connectivity index (χ1v) is 6.54. The molecule has 0 saturated carbocycles. The van der Waals surface area contributed by atoms with Crippen LogP contribution in [0.5, 0.6) is 11.5 Å². The van der Waals surface area contributed by atoms with Gasteiger partial charge < -0.3 is 20.9 Å². The number of aromatic hydroxyl groups is 1. The molecule has 0 radical (unpaired) electrons. The number of methoxy groups -OCH3 is 1. The van der Waals surface area contributed by atoms with E-state index in [-0.39, 0.29) is 11.4 Å². The minimum absolute atomic E-state index is 0.0756. The van der Waals surface area contributed by atoms with Crippen LogP contribution in [0.4, 0.5) is 11.4 Å². The summed E-state index contributed by atoms with van der Waals surface area (Å²) in [6.07, 6.45) is 0. The van der Waals surface area contributed by atoms with Gasteiger partial charge in [0.1, 0.15) is 11.5 Å². The average molecular weight is 337 g/mol. The Morgan fingerprint density at radius 2 is 2.05 bits per heavy atom. The van der Waals surface area contributed by atoms with Gasteiger partial charge in [-0.1, -0.05) is 15.9 Å². The third-order valence-corrected chi connectivity index (χ3v) is 3.20. The molecule has 0 aliphatic carbocycles. The van der Waals surface area contributed by atoms with Gasteiger partial charge in [-0.05, 0) is 30.3 Å². The molecule has 20 heavy (non-hydrogen) atoms. The van der Waals surface area contributed by atoms with E-state index in [1.54, 1.807) is 30.3 Å². The number of nitrogens with one attached hydrogen (secondary N) is 1. The van der Waals surface area contributed by atoms with E-state index < -0.39 is 5.91 Å². The summed E-state index contributed by atoms with van der Waals surface area (Å²) < 4.78 is 5.76. The highest BCUT2D eigenvalue weighted by Crippen LogP contribution is 2.29. The average Bonchev–Trinajstić information content (AvgIpc) is 2.40. The molecule has 0 aromatic heterocycles. The molecule has 2 aromatic carbocycles. The zero-order valence-corrected chi connectivity index (χ0v) is 12.3. The molecule has 4 N–H and O–H groups in total. The number of amides is 1. The number of anilines is 2. The molecule has 6 heteroatoms. The molecule has 0 spiro atoms. The highest BCUT2D eigenvalue weighted by molar-refractivity contribution is 9.10. The summed E-state index contributed by atoms with van der Waals surface area (Å²) in [4.78, 5) is 12.1. The van der Waals surface area contributed by atoms with Crippen molar-refractivity contribution in [1.82, 2.24) is 0 Å². The Labute approximate surface area is 124 Å². The summed E-state index contributed by atoms with van der Waals surface area (Å²) in [5, 5.41) is 12.4. The van der Waals surface area contributed by atoms with Gasteiger partial charge in [0.2, 0.25) is 0 Å². The van der Waals surface area contributed by atoms with E-state index in [0.717, 1.165) is 4.47 Å². The number of carbonyl (C=O) groups excluding carboxylic acids is 1. The van der Waals surface area contributed by atoms with Gasteiger partial charge in [0.05, 0.1) is 18.4 Å². The van der Waals surface area contributed by atoms with E-state index in [9.17, 15) is 9.90 Å². The van der Waals surface area contributed by atoms with Gasteiger partial charge in [-0.15, -0.1) is 0 Å². The molecule has 0 saturated heterocycles. The maximum atomic E-state index is 12.1. The van der Waals surface area contributed by atoms with Crippen molar-refractivity contribution in [2.45, 2.75) is 0 Å². The molecule has 0 aliphatic rings. The van der Waals surface area contributed by atoms with Crippen LogP contribution in [0.3, 0.4) is 0 Å². The predicted octanol–water partition coefficient (Wildman–Crippen LogP) is 3.00. The van der Waals surface area contributed by atoms with Crippen LogP contribution in [0.1, 0.15) is 10.4 Å². The second kappa shape index (κ2) is 5.83. The van der Waals surface area contributed by atoms with Crippen molar-refractivity contribution in [2.75, 3.05) is 18.2 Å². The number of halogens is 1. The molecule has 5 nitrogen and oxygen atoms in total. The Hall–Kier alpha value is -2.21. The van der Waals surface area contributed by atoms with Gasteiger partial charge in [0.15, 0.2) is 0 Å². The number of ether oxygens (including phenoxy) is 1. The molecule has 2 rings (SSSR count). The summed E-state index contributed by atoms with van der Waals surface area (Å²) in [7, 11) is 1.50. The lowest BCUT2D eigenvalue weighted by atomic mass is 10.1. The normalized spacial score (nSPS) is 10.1. The van der Waals surface area contributed by atoms with E-state index in [1.807, 2.05) is 0 Å². The van der Waals surface area contributed by atoms with Gasteiger partial charge >= 0.3 is 0 Å². The number of phenols is 1. The van der Waals surface area contributed by atoms with Crippen LogP contribution >= 0.6 is 15.9 Å². The number of benzene rings is 2. The summed E-state index contributed by atoms with van der Waals surface area (Å²) in [5.41, 5.74) is 6.76. The standard InChI is InChI=1S/C14H13BrN2O3/c1-20-9-3-5-12(13(18)7-9)17-14(19)10-4-2-8(15)6-11(10)16/h2-7,18H,16H2,1H3,(H,17,19). The lowest BCUT2D eigenvalue weighted by Gasteiger charge is -2.10. The number of hydrogen-bond acceptors (Lipinski definition) is 4. The quantitative estimate of drug-likeness (QED) is 0.594. The molecule has 2 aromatic rings. The van der Waals surface area contributed by atoms with E-state index in [4.69, 9.17) is 10.5 Å². The SMILES string of the molecule is COc1ccc(NC(=O)c2ccc(Br)cc2N)c(O)c1. The maximum absolute atomic E-state index is 12.1. The summed E-state index contributed by atoms with van der Waals surface area (Å²) in [6.45, 7) is 0. The fraction of sp³-hybridized carbons (Fsp3) is 0.0714. The molecule has 0 aliphatic heterocycles. The molecular weight excluding hydrogens is 324 g/mol. The number of nitrogen functional groups attached to an aromatic ring is 1. The Morgan fingerprint density at radius 3 is 2.65 bits per heavy atom. The first-order chi connectivity index (χ1) is 9.51. The van der Waals surface area contributed by atoms with Crippen LogP contribution in [0.15, 0.2) is 40.9 Å². The summed E-state index contributed by atoms with van der Waals surface area (Å²) in [5.74, 6) is 0.0347. The lowest BCUT2D eigenvalue weighted by molar-refractivity contribution is 0.102. The number of nitrogens with two attached hydrogens (primary N) is 1. The third kappa shape index (κ3) is 3.03. The van der Waals surface area contributed by atoms with Crippen molar-refractivity contribution < 1.29 is 14.6 Å². The lowest BCUT2D eigenvalue weighted by Crippen LogP contribution is -2.14. The first-order valence-electron chi connectivity index (χ1n) is 5.74. The first kappa shape index (κ1) is 14.2. The molecule has 0 fully saturated rings.